The van der Waals surface area contributed by atoms with Crippen molar-refractivity contribution in [2.24, 2.45) is 23.7 Å². The summed E-state index contributed by atoms with van der Waals surface area (Å²) in [5.74, 6) is -10.0. The van der Waals surface area contributed by atoms with E-state index >= 15 is 0 Å². The van der Waals surface area contributed by atoms with Gasteiger partial charge in [0.1, 0.15) is 34.9 Å². The van der Waals surface area contributed by atoms with Crippen LogP contribution in [0.15, 0.2) is 24.3 Å². The summed E-state index contributed by atoms with van der Waals surface area (Å²) in [6.07, 6.45) is 4.47. The van der Waals surface area contributed by atoms with Crippen molar-refractivity contribution in [1.29, 1.82) is 0 Å². The van der Waals surface area contributed by atoms with Crippen LogP contribution in [0.3, 0.4) is 0 Å². The number of hydrogen-bond acceptors (Lipinski definition) is 9. The highest BCUT2D eigenvalue weighted by Crippen LogP contribution is 2.50. The Morgan fingerprint density at radius 3 is 1.52 bits per heavy atom. The number of rotatable bonds is 10. The first-order chi connectivity index (χ1) is 15.7. The monoisotopic (exact) mass is 466 g/mol. The third-order valence-electron chi connectivity index (χ3n) is 6.67. The van der Waals surface area contributed by atoms with Gasteiger partial charge < -0.3 is 33.9 Å². The van der Waals surface area contributed by atoms with E-state index < -0.39 is 71.0 Å². The average Bonchev–Trinajstić information content (AvgIpc) is 3.52. The molecule has 8 atom stereocenters. The Bertz CT molecular complexity index is 838. The molecule has 8 unspecified atom stereocenters. The van der Waals surface area contributed by atoms with Gasteiger partial charge in [-0.15, -0.1) is 0 Å². The highest BCUT2D eigenvalue weighted by molar-refractivity contribution is 5.95. The number of carboxylic acids is 2. The van der Waals surface area contributed by atoms with Gasteiger partial charge >= 0.3 is 23.9 Å². The van der Waals surface area contributed by atoms with Crippen molar-refractivity contribution >= 4 is 23.9 Å². The fourth-order valence-electron chi connectivity index (χ4n) is 5.26. The quantitative estimate of drug-likeness (QED) is 0.257. The molecule has 4 rings (SSSR count). The molecule has 2 saturated heterocycles. The summed E-state index contributed by atoms with van der Waals surface area (Å²) in [6.45, 7) is 3.87. The standard InChI is InChI=1S/C22H26O11/c1-3-29-9-21-7-5-11(32-21)13(17(23)24)15(21)19(27)31-20(28)16-14(18(25)26)12-6-8-22(16,33-12)10-30-4-2/h5-8,11-16H,3-4,9-10H2,1-2H3,(H,23,24)(H,25,26). The maximum Gasteiger partial charge on any atom is 0.320 e. The molecule has 4 bridgehead atoms. The van der Waals surface area contributed by atoms with E-state index in [2.05, 4.69) is 0 Å². The lowest BCUT2D eigenvalue weighted by Crippen LogP contribution is -2.50. The molecule has 11 heteroatoms. The summed E-state index contributed by atoms with van der Waals surface area (Å²) < 4.78 is 27.5. The lowest BCUT2D eigenvalue weighted by Gasteiger charge is -2.32. The number of hydrogen-bond donors (Lipinski definition) is 2. The summed E-state index contributed by atoms with van der Waals surface area (Å²) in [6, 6.07) is 0. The average molecular weight is 466 g/mol. The molecule has 2 fully saturated rings. The number of esters is 2. The molecule has 0 aromatic rings. The largest absolute Gasteiger partial charge is 0.481 e. The van der Waals surface area contributed by atoms with Crippen LogP contribution in [0.4, 0.5) is 0 Å². The minimum Gasteiger partial charge on any atom is -0.481 e. The van der Waals surface area contributed by atoms with Crippen LogP contribution in [0.5, 0.6) is 0 Å². The van der Waals surface area contributed by atoms with Crippen molar-refractivity contribution in [2.45, 2.75) is 37.3 Å². The van der Waals surface area contributed by atoms with Gasteiger partial charge in [-0.3, -0.25) is 19.2 Å². The Labute approximate surface area is 189 Å². The smallest absolute Gasteiger partial charge is 0.320 e. The van der Waals surface area contributed by atoms with Crippen molar-refractivity contribution in [3.63, 3.8) is 0 Å². The zero-order chi connectivity index (χ0) is 24.0. The number of carboxylic acid groups (broad SMARTS) is 2. The first-order valence-electron chi connectivity index (χ1n) is 10.8. The molecule has 0 aromatic carbocycles. The molecule has 0 spiro atoms. The number of carbonyl (C=O) groups is 4. The third kappa shape index (κ3) is 3.68. The van der Waals surface area contributed by atoms with E-state index in [1.165, 1.54) is 0 Å². The van der Waals surface area contributed by atoms with E-state index in [4.69, 9.17) is 23.7 Å². The Hall–Kier alpha value is -2.60. The summed E-state index contributed by atoms with van der Waals surface area (Å²) in [5, 5.41) is 19.4. The van der Waals surface area contributed by atoms with E-state index in [1.807, 2.05) is 0 Å². The lowest BCUT2D eigenvalue weighted by atomic mass is 9.74. The molecular weight excluding hydrogens is 440 g/mol. The van der Waals surface area contributed by atoms with Gasteiger partial charge in [-0.1, -0.05) is 24.3 Å². The SMILES string of the molecule is CCOCC12C=CC(O1)C(C(=O)O)C2C(=O)OC(=O)C1C(C(=O)O)C2C=CC1(COCC)O2. The molecule has 33 heavy (non-hydrogen) atoms. The van der Waals surface area contributed by atoms with Gasteiger partial charge in [-0.25, -0.2) is 0 Å². The molecule has 0 aliphatic carbocycles. The summed E-state index contributed by atoms with van der Waals surface area (Å²) in [4.78, 5) is 50.2. The second-order valence-electron chi connectivity index (χ2n) is 8.49. The Morgan fingerprint density at radius 1 is 0.788 bits per heavy atom. The Kier molecular flexibility index (Phi) is 6.16. The highest BCUT2D eigenvalue weighted by Gasteiger charge is 2.66. The van der Waals surface area contributed by atoms with Crippen molar-refractivity contribution in [2.75, 3.05) is 26.4 Å². The number of ether oxygens (including phenoxy) is 5. The molecule has 11 nitrogen and oxygen atoms in total. The minimum absolute atomic E-state index is 0.0996. The molecule has 0 saturated carbocycles. The molecule has 0 amide bonds. The molecule has 180 valence electrons. The Morgan fingerprint density at radius 2 is 1.18 bits per heavy atom. The zero-order valence-electron chi connectivity index (χ0n) is 18.2. The van der Waals surface area contributed by atoms with Gasteiger partial charge in [-0.2, -0.15) is 0 Å². The maximum absolute atomic E-state index is 13.2. The summed E-state index contributed by atoms with van der Waals surface area (Å²) >= 11 is 0. The van der Waals surface area contributed by atoms with Gasteiger partial charge in [0.15, 0.2) is 0 Å². The van der Waals surface area contributed by atoms with E-state index in [0.29, 0.717) is 13.2 Å². The third-order valence-corrected chi connectivity index (χ3v) is 6.67. The highest BCUT2D eigenvalue weighted by atomic mass is 16.6. The molecule has 0 radical (unpaired) electrons. The number of aliphatic carboxylic acids is 2. The topological polar surface area (TPSA) is 155 Å². The maximum atomic E-state index is 13.2. The van der Waals surface area contributed by atoms with Crippen molar-refractivity contribution in [3.05, 3.63) is 24.3 Å². The van der Waals surface area contributed by atoms with Crippen LogP contribution in [0.1, 0.15) is 13.8 Å². The van der Waals surface area contributed by atoms with E-state index in [0.717, 1.165) is 0 Å². The molecule has 4 heterocycles. The van der Waals surface area contributed by atoms with Gasteiger partial charge in [0, 0.05) is 13.2 Å². The summed E-state index contributed by atoms with van der Waals surface area (Å²) in [5.41, 5.74) is -2.78. The van der Waals surface area contributed by atoms with Crippen molar-refractivity contribution in [1.82, 2.24) is 0 Å². The van der Waals surface area contributed by atoms with Crippen LogP contribution in [0, 0.1) is 23.7 Å². The molecule has 4 aliphatic rings. The van der Waals surface area contributed by atoms with Gasteiger partial charge in [-0.05, 0) is 13.8 Å². The van der Waals surface area contributed by atoms with Crippen LogP contribution in [-0.4, -0.2) is 83.9 Å². The van der Waals surface area contributed by atoms with Gasteiger partial charge in [0.25, 0.3) is 0 Å². The van der Waals surface area contributed by atoms with Crippen molar-refractivity contribution in [3.8, 4) is 0 Å². The predicted octanol–water partition coefficient (Wildman–Crippen LogP) is 0.178. The second-order valence-corrected chi connectivity index (χ2v) is 8.49. The predicted molar refractivity (Wildman–Crippen MR) is 107 cm³/mol. The lowest BCUT2D eigenvalue weighted by molar-refractivity contribution is -0.176. The van der Waals surface area contributed by atoms with Crippen LogP contribution < -0.4 is 0 Å². The minimum atomic E-state index is -1.39. The number of carbonyl (C=O) groups excluding carboxylic acids is 2. The van der Waals surface area contributed by atoms with Crippen LogP contribution in [0.25, 0.3) is 0 Å². The normalized spacial score (nSPS) is 39.8. The summed E-state index contributed by atoms with van der Waals surface area (Å²) in [7, 11) is 0. The van der Waals surface area contributed by atoms with Crippen LogP contribution in [-0.2, 0) is 42.9 Å². The number of fused-ring (bicyclic) bond motifs is 4. The van der Waals surface area contributed by atoms with E-state index in [1.54, 1.807) is 38.2 Å². The first kappa shape index (κ1) is 23.6. The molecular formula is C22H26O11. The van der Waals surface area contributed by atoms with E-state index in [-0.39, 0.29) is 13.2 Å². The van der Waals surface area contributed by atoms with Crippen LogP contribution >= 0.6 is 0 Å². The second kappa shape index (κ2) is 8.64. The molecule has 2 N–H and O–H groups in total. The van der Waals surface area contributed by atoms with Gasteiger partial charge in [0.05, 0.1) is 25.4 Å². The molecule has 0 aromatic heterocycles. The van der Waals surface area contributed by atoms with Gasteiger partial charge in [0.2, 0.25) is 0 Å². The fourth-order valence-corrected chi connectivity index (χ4v) is 5.26. The fraction of sp³-hybridized carbons (Fsp3) is 0.636. The molecule has 4 aliphatic heterocycles. The van der Waals surface area contributed by atoms with Crippen molar-refractivity contribution < 1.29 is 53.1 Å². The van der Waals surface area contributed by atoms with Crippen LogP contribution in [0.2, 0.25) is 0 Å². The first-order valence-corrected chi connectivity index (χ1v) is 10.8. The Balaban J connectivity index is 1.59. The van der Waals surface area contributed by atoms with E-state index in [9.17, 15) is 29.4 Å². The zero-order valence-corrected chi connectivity index (χ0v) is 18.2.